The van der Waals surface area contributed by atoms with Gasteiger partial charge in [-0.3, -0.25) is 4.79 Å². The second kappa shape index (κ2) is 5.89. The van der Waals surface area contributed by atoms with Gasteiger partial charge in [-0.05, 0) is 49.9 Å². The number of hydrogen-bond donors (Lipinski definition) is 1. The third-order valence-electron chi connectivity index (χ3n) is 3.40. The summed E-state index contributed by atoms with van der Waals surface area (Å²) in [5.41, 5.74) is 3.46. The van der Waals surface area contributed by atoms with Gasteiger partial charge in [-0.15, -0.1) is 0 Å². The molecular formula is C15H22N2O. The minimum absolute atomic E-state index is 0.103. The predicted molar refractivity (Wildman–Crippen MR) is 76.2 cm³/mol. The van der Waals surface area contributed by atoms with Crippen LogP contribution >= 0.6 is 0 Å². The molecule has 98 valence electrons. The zero-order valence-corrected chi connectivity index (χ0v) is 11.3. The van der Waals surface area contributed by atoms with Crippen molar-refractivity contribution in [3.05, 3.63) is 23.8 Å². The molecule has 3 heteroatoms. The molecule has 1 aliphatic rings. The second-order valence-corrected chi connectivity index (χ2v) is 4.99. The molecule has 3 nitrogen and oxygen atoms in total. The van der Waals surface area contributed by atoms with Crippen molar-refractivity contribution in [3.63, 3.8) is 0 Å². The Kier molecular flexibility index (Phi) is 4.24. The lowest BCUT2D eigenvalue weighted by molar-refractivity contribution is -0.116. The fourth-order valence-corrected chi connectivity index (χ4v) is 2.50. The maximum atomic E-state index is 11.5. The van der Waals surface area contributed by atoms with Crippen LogP contribution in [0.2, 0.25) is 0 Å². The van der Waals surface area contributed by atoms with E-state index in [0.29, 0.717) is 6.42 Å². The fraction of sp³-hybridized carbons (Fsp3) is 0.533. The third-order valence-corrected chi connectivity index (χ3v) is 3.40. The van der Waals surface area contributed by atoms with Crippen molar-refractivity contribution >= 4 is 17.3 Å². The Balaban J connectivity index is 2.07. The molecule has 0 unspecified atom stereocenters. The summed E-state index contributed by atoms with van der Waals surface area (Å²) >= 11 is 0. The molecule has 1 saturated heterocycles. The van der Waals surface area contributed by atoms with Gasteiger partial charge in [0.15, 0.2) is 0 Å². The van der Waals surface area contributed by atoms with E-state index in [1.165, 1.54) is 24.1 Å². The van der Waals surface area contributed by atoms with E-state index in [2.05, 4.69) is 29.3 Å². The Hall–Kier alpha value is -1.51. The quantitative estimate of drug-likeness (QED) is 0.883. The number of carbonyl (C=O) groups excluding carboxylic acids is 1. The smallest absolute Gasteiger partial charge is 0.224 e. The minimum atomic E-state index is 0.103. The highest BCUT2D eigenvalue weighted by Gasteiger charge is 2.14. The lowest BCUT2D eigenvalue weighted by Gasteiger charge is -2.20. The van der Waals surface area contributed by atoms with Gasteiger partial charge in [0.05, 0.1) is 0 Å². The number of hydrogen-bond acceptors (Lipinski definition) is 2. The molecule has 18 heavy (non-hydrogen) atoms. The van der Waals surface area contributed by atoms with Gasteiger partial charge in [-0.25, -0.2) is 0 Å². The van der Waals surface area contributed by atoms with Gasteiger partial charge in [0.2, 0.25) is 5.91 Å². The average Bonchev–Trinajstić information content (AvgIpc) is 2.82. The van der Waals surface area contributed by atoms with Crippen LogP contribution < -0.4 is 10.2 Å². The van der Waals surface area contributed by atoms with Gasteiger partial charge in [-0.2, -0.15) is 0 Å². The number of anilines is 2. The number of carbonyl (C=O) groups is 1. The van der Waals surface area contributed by atoms with Crippen molar-refractivity contribution in [2.75, 3.05) is 23.3 Å². The van der Waals surface area contributed by atoms with E-state index >= 15 is 0 Å². The van der Waals surface area contributed by atoms with Crippen molar-refractivity contribution in [3.8, 4) is 0 Å². The number of amides is 1. The summed E-state index contributed by atoms with van der Waals surface area (Å²) in [5.74, 6) is 0.103. The molecule has 0 saturated carbocycles. The first-order chi connectivity index (χ1) is 8.70. The van der Waals surface area contributed by atoms with Crippen LogP contribution in [0, 0.1) is 6.92 Å². The van der Waals surface area contributed by atoms with E-state index in [1.807, 2.05) is 13.0 Å². The maximum absolute atomic E-state index is 11.5. The standard InChI is InChI=1S/C15H22N2O/c1-3-6-15(18)16-13-7-8-14(12(2)11-13)17-9-4-5-10-17/h7-8,11H,3-6,9-10H2,1-2H3,(H,16,18). The Morgan fingerprint density at radius 3 is 2.67 bits per heavy atom. The summed E-state index contributed by atoms with van der Waals surface area (Å²) in [4.78, 5) is 14.0. The average molecular weight is 246 g/mol. The normalized spacial score (nSPS) is 14.9. The van der Waals surface area contributed by atoms with E-state index in [-0.39, 0.29) is 5.91 Å². The zero-order chi connectivity index (χ0) is 13.0. The number of aryl methyl sites for hydroxylation is 1. The first kappa shape index (κ1) is 12.9. The molecule has 2 rings (SSSR count). The SMILES string of the molecule is CCCC(=O)Nc1ccc(N2CCCC2)c(C)c1. The molecule has 0 atom stereocenters. The van der Waals surface area contributed by atoms with Gasteiger partial charge >= 0.3 is 0 Å². The lowest BCUT2D eigenvalue weighted by Crippen LogP contribution is -2.19. The van der Waals surface area contributed by atoms with Crippen molar-refractivity contribution in [2.24, 2.45) is 0 Å². The van der Waals surface area contributed by atoms with Gasteiger partial charge in [0.25, 0.3) is 0 Å². The van der Waals surface area contributed by atoms with Crippen LogP contribution in [0.25, 0.3) is 0 Å². The van der Waals surface area contributed by atoms with Crippen LogP contribution in [0.4, 0.5) is 11.4 Å². The second-order valence-electron chi connectivity index (χ2n) is 4.99. The first-order valence-electron chi connectivity index (χ1n) is 6.86. The van der Waals surface area contributed by atoms with E-state index < -0.39 is 0 Å². The highest BCUT2D eigenvalue weighted by molar-refractivity contribution is 5.91. The Labute approximate surface area is 109 Å². The summed E-state index contributed by atoms with van der Waals surface area (Å²) in [6.45, 7) is 6.44. The van der Waals surface area contributed by atoms with Crippen LogP contribution in [0.3, 0.4) is 0 Å². The predicted octanol–water partition coefficient (Wildman–Crippen LogP) is 3.33. The van der Waals surface area contributed by atoms with Crippen LogP contribution in [-0.2, 0) is 4.79 Å². The number of nitrogens with one attached hydrogen (secondary N) is 1. The molecule has 1 amide bonds. The van der Waals surface area contributed by atoms with E-state index in [0.717, 1.165) is 25.2 Å². The van der Waals surface area contributed by atoms with Gasteiger partial charge in [0, 0.05) is 30.9 Å². The molecular weight excluding hydrogens is 224 g/mol. The molecule has 1 aliphatic heterocycles. The monoisotopic (exact) mass is 246 g/mol. The maximum Gasteiger partial charge on any atom is 0.224 e. The molecule has 0 aromatic heterocycles. The highest BCUT2D eigenvalue weighted by Crippen LogP contribution is 2.26. The molecule has 0 aliphatic carbocycles. The van der Waals surface area contributed by atoms with Crippen molar-refractivity contribution in [2.45, 2.75) is 39.5 Å². The number of benzene rings is 1. The molecule has 1 heterocycles. The first-order valence-corrected chi connectivity index (χ1v) is 6.86. The molecule has 1 fully saturated rings. The van der Waals surface area contributed by atoms with Crippen LogP contribution in [0.5, 0.6) is 0 Å². The Morgan fingerprint density at radius 1 is 1.33 bits per heavy atom. The zero-order valence-electron chi connectivity index (χ0n) is 11.3. The lowest BCUT2D eigenvalue weighted by atomic mass is 10.1. The third kappa shape index (κ3) is 3.03. The molecule has 0 radical (unpaired) electrons. The van der Waals surface area contributed by atoms with Crippen molar-refractivity contribution in [1.82, 2.24) is 0 Å². The van der Waals surface area contributed by atoms with Crippen LogP contribution in [0.15, 0.2) is 18.2 Å². The fourth-order valence-electron chi connectivity index (χ4n) is 2.50. The molecule has 1 aromatic carbocycles. The highest BCUT2D eigenvalue weighted by atomic mass is 16.1. The minimum Gasteiger partial charge on any atom is -0.371 e. The summed E-state index contributed by atoms with van der Waals surface area (Å²) in [5, 5.41) is 2.94. The summed E-state index contributed by atoms with van der Waals surface area (Å²) in [7, 11) is 0. The molecule has 0 bridgehead atoms. The molecule has 1 aromatic rings. The van der Waals surface area contributed by atoms with Crippen LogP contribution in [-0.4, -0.2) is 19.0 Å². The topological polar surface area (TPSA) is 32.3 Å². The molecule has 0 spiro atoms. The van der Waals surface area contributed by atoms with Crippen molar-refractivity contribution < 1.29 is 4.79 Å². The van der Waals surface area contributed by atoms with Gasteiger partial charge in [0.1, 0.15) is 0 Å². The van der Waals surface area contributed by atoms with Gasteiger partial charge in [-0.1, -0.05) is 6.92 Å². The summed E-state index contributed by atoms with van der Waals surface area (Å²) < 4.78 is 0. The summed E-state index contributed by atoms with van der Waals surface area (Å²) in [6.07, 6.45) is 4.05. The largest absolute Gasteiger partial charge is 0.371 e. The summed E-state index contributed by atoms with van der Waals surface area (Å²) in [6, 6.07) is 6.21. The van der Waals surface area contributed by atoms with Gasteiger partial charge < -0.3 is 10.2 Å². The Bertz CT molecular complexity index is 423. The Morgan fingerprint density at radius 2 is 2.06 bits per heavy atom. The molecule has 1 N–H and O–H groups in total. The number of rotatable bonds is 4. The van der Waals surface area contributed by atoms with E-state index in [1.54, 1.807) is 0 Å². The van der Waals surface area contributed by atoms with E-state index in [9.17, 15) is 4.79 Å². The van der Waals surface area contributed by atoms with E-state index in [4.69, 9.17) is 0 Å². The number of nitrogens with zero attached hydrogens (tertiary/aromatic N) is 1. The van der Waals surface area contributed by atoms with Crippen LogP contribution in [0.1, 0.15) is 38.2 Å². The van der Waals surface area contributed by atoms with Crippen molar-refractivity contribution in [1.29, 1.82) is 0 Å².